The van der Waals surface area contributed by atoms with Crippen molar-refractivity contribution in [2.45, 2.75) is 26.1 Å². The first-order chi connectivity index (χ1) is 7.95. The lowest BCUT2D eigenvalue weighted by molar-refractivity contribution is -0.147. The summed E-state index contributed by atoms with van der Waals surface area (Å²) >= 11 is 5.83. The minimum Gasteiger partial charge on any atom is -0.479 e. The Morgan fingerprint density at radius 1 is 1.41 bits per heavy atom. The zero-order valence-corrected chi connectivity index (χ0v) is 10.7. The van der Waals surface area contributed by atoms with Crippen LogP contribution in [0.1, 0.15) is 25.5 Å². The van der Waals surface area contributed by atoms with E-state index >= 15 is 0 Å². The largest absolute Gasteiger partial charge is 0.479 e. The zero-order valence-electron chi connectivity index (χ0n) is 9.94. The summed E-state index contributed by atoms with van der Waals surface area (Å²) in [4.78, 5) is 11.2. The molecule has 17 heavy (non-hydrogen) atoms. The van der Waals surface area contributed by atoms with Crippen LogP contribution in [0.15, 0.2) is 18.2 Å². The number of rotatable bonds is 4. The Hall–Kier alpha value is -1.26. The molecule has 1 aromatic rings. The van der Waals surface area contributed by atoms with Gasteiger partial charge in [-0.2, -0.15) is 0 Å². The van der Waals surface area contributed by atoms with Crippen molar-refractivity contribution in [2.24, 2.45) is 0 Å². The second-order valence-corrected chi connectivity index (χ2v) is 4.08. The van der Waals surface area contributed by atoms with Crippen molar-refractivity contribution in [3.05, 3.63) is 28.8 Å². The van der Waals surface area contributed by atoms with E-state index in [2.05, 4.69) is 4.74 Å². The third-order valence-corrected chi connectivity index (χ3v) is 2.49. The van der Waals surface area contributed by atoms with Gasteiger partial charge in [-0.3, -0.25) is 0 Å². The average Bonchev–Trinajstić information content (AvgIpc) is 2.29. The molecular formula is C12H15ClO4. The van der Waals surface area contributed by atoms with E-state index in [0.717, 1.165) is 0 Å². The second-order valence-electron chi connectivity index (χ2n) is 3.64. The molecule has 0 radical (unpaired) electrons. The Balaban J connectivity index is 2.94. The van der Waals surface area contributed by atoms with E-state index in [9.17, 15) is 9.90 Å². The Bertz CT molecular complexity index is 403. The summed E-state index contributed by atoms with van der Waals surface area (Å²) in [5.41, 5.74) is 0.535. The van der Waals surface area contributed by atoms with Gasteiger partial charge in [0.15, 0.2) is 6.10 Å². The molecule has 0 aliphatic carbocycles. The number of hydrogen-bond donors (Lipinski definition) is 1. The number of benzene rings is 1. The maximum atomic E-state index is 11.2. The van der Waals surface area contributed by atoms with Crippen LogP contribution in [0.4, 0.5) is 0 Å². The van der Waals surface area contributed by atoms with Crippen LogP contribution in [0, 0.1) is 0 Å². The standard InChI is InChI=1S/C12H15ClO4/c1-7(14)10-6-9(13)4-5-11(10)17-8(2)12(15)16-3/h4-8,14H,1-3H3/t7-,8?/m0/s1. The molecule has 0 spiro atoms. The molecule has 4 nitrogen and oxygen atoms in total. The monoisotopic (exact) mass is 258 g/mol. The molecule has 0 amide bonds. The summed E-state index contributed by atoms with van der Waals surface area (Å²) < 4.78 is 9.98. The van der Waals surface area contributed by atoms with Crippen molar-refractivity contribution in [3.8, 4) is 5.75 Å². The maximum Gasteiger partial charge on any atom is 0.346 e. The molecule has 1 N–H and O–H groups in total. The minimum atomic E-state index is -0.737. The van der Waals surface area contributed by atoms with E-state index in [0.29, 0.717) is 16.3 Å². The number of aliphatic hydroxyl groups is 1. The number of hydrogen-bond acceptors (Lipinski definition) is 4. The first-order valence-electron chi connectivity index (χ1n) is 5.17. The van der Waals surface area contributed by atoms with Crippen molar-refractivity contribution < 1.29 is 19.4 Å². The van der Waals surface area contributed by atoms with Gasteiger partial charge in [0.1, 0.15) is 5.75 Å². The fourth-order valence-electron chi connectivity index (χ4n) is 1.36. The number of aliphatic hydroxyl groups excluding tert-OH is 1. The Morgan fingerprint density at radius 3 is 2.59 bits per heavy atom. The molecule has 5 heteroatoms. The molecule has 0 saturated heterocycles. The van der Waals surface area contributed by atoms with Crippen LogP contribution in [0.2, 0.25) is 5.02 Å². The molecule has 0 bridgehead atoms. The van der Waals surface area contributed by atoms with Gasteiger partial charge in [0, 0.05) is 10.6 Å². The highest BCUT2D eigenvalue weighted by molar-refractivity contribution is 6.30. The number of carbonyl (C=O) groups excluding carboxylic acids is 1. The lowest BCUT2D eigenvalue weighted by Gasteiger charge is -2.17. The molecule has 94 valence electrons. The fourth-order valence-corrected chi connectivity index (χ4v) is 1.54. The van der Waals surface area contributed by atoms with Gasteiger partial charge < -0.3 is 14.6 Å². The van der Waals surface area contributed by atoms with Gasteiger partial charge in [-0.05, 0) is 32.0 Å². The number of esters is 1. The smallest absolute Gasteiger partial charge is 0.346 e. The first-order valence-corrected chi connectivity index (χ1v) is 5.55. The highest BCUT2D eigenvalue weighted by atomic mass is 35.5. The topological polar surface area (TPSA) is 55.8 Å². The normalized spacial score (nSPS) is 13.9. The molecule has 1 rings (SSSR count). The van der Waals surface area contributed by atoms with Gasteiger partial charge in [0.2, 0.25) is 0 Å². The van der Waals surface area contributed by atoms with Gasteiger partial charge in [-0.25, -0.2) is 4.79 Å². The number of halogens is 1. The average molecular weight is 259 g/mol. The number of ether oxygens (including phenoxy) is 2. The third kappa shape index (κ3) is 3.61. The molecule has 0 aromatic heterocycles. The van der Waals surface area contributed by atoms with E-state index in [1.165, 1.54) is 7.11 Å². The van der Waals surface area contributed by atoms with Crippen LogP contribution in [-0.4, -0.2) is 24.3 Å². The summed E-state index contributed by atoms with van der Waals surface area (Å²) in [6.07, 6.45) is -1.47. The molecule has 1 aromatic carbocycles. The third-order valence-electron chi connectivity index (χ3n) is 2.26. The molecular weight excluding hydrogens is 244 g/mol. The molecule has 0 saturated carbocycles. The van der Waals surface area contributed by atoms with Crippen LogP contribution in [0.25, 0.3) is 0 Å². The van der Waals surface area contributed by atoms with Crippen LogP contribution < -0.4 is 4.74 Å². The summed E-state index contributed by atoms with van der Waals surface area (Å²) in [6, 6.07) is 4.85. The van der Waals surface area contributed by atoms with Crippen LogP contribution in [-0.2, 0) is 9.53 Å². The van der Waals surface area contributed by atoms with Crippen molar-refractivity contribution in [1.29, 1.82) is 0 Å². The SMILES string of the molecule is COC(=O)C(C)Oc1ccc(Cl)cc1[C@H](C)O. The van der Waals surface area contributed by atoms with Gasteiger partial charge >= 0.3 is 5.97 Å². The van der Waals surface area contributed by atoms with Crippen molar-refractivity contribution in [1.82, 2.24) is 0 Å². The Morgan fingerprint density at radius 2 is 2.06 bits per heavy atom. The van der Waals surface area contributed by atoms with E-state index < -0.39 is 18.2 Å². The lowest BCUT2D eigenvalue weighted by Crippen LogP contribution is -2.25. The summed E-state index contributed by atoms with van der Waals surface area (Å²) in [5, 5.41) is 10.1. The van der Waals surface area contributed by atoms with Gasteiger partial charge in [0.25, 0.3) is 0 Å². The predicted octanol–water partition coefficient (Wildman–Crippen LogP) is 2.33. The summed E-state index contributed by atoms with van der Waals surface area (Å²) in [5.74, 6) is -0.0567. The Kier molecular flexibility index (Phi) is 4.78. The van der Waals surface area contributed by atoms with Gasteiger partial charge in [-0.1, -0.05) is 11.6 Å². The predicted molar refractivity (Wildman–Crippen MR) is 64.2 cm³/mol. The summed E-state index contributed by atoms with van der Waals surface area (Å²) in [6.45, 7) is 3.17. The molecule has 0 heterocycles. The van der Waals surface area contributed by atoms with Crippen LogP contribution in [0.5, 0.6) is 5.75 Å². The van der Waals surface area contributed by atoms with Crippen molar-refractivity contribution >= 4 is 17.6 Å². The summed E-state index contributed by atoms with van der Waals surface area (Å²) in [7, 11) is 1.29. The van der Waals surface area contributed by atoms with Gasteiger partial charge in [-0.15, -0.1) is 0 Å². The molecule has 0 fully saturated rings. The van der Waals surface area contributed by atoms with E-state index in [1.54, 1.807) is 32.0 Å². The van der Waals surface area contributed by atoms with Crippen LogP contribution in [0.3, 0.4) is 0 Å². The molecule has 1 unspecified atom stereocenters. The van der Waals surface area contributed by atoms with E-state index in [1.807, 2.05) is 0 Å². The first kappa shape index (κ1) is 13.8. The van der Waals surface area contributed by atoms with E-state index in [-0.39, 0.29) is 0 Å². The zero-order chi connectivity index (χ0) is 13.0. The van der Waals surface area contributed by atoms with Crippen molar-refractivity contribution in [2.75, 3.05) is 7.11 Å². The second kappa shape index (κ2) is 5.89. The highest BCUT2D eigenvalue weighted by Crippen LogP contribution is 2.29. The Labute approximate surface area is 105 Å². The van der Waals surface area contributed by atoms with Crippen molar-refractivity contribution in [3.63, 3.8) is 0 Å². The fraction of sp³-hybridized carbons (Fsp3) is 0.417. The highest BCUT2D eigenvalue weighted by Gasteiger charge is 2.18. The van der Waals surface area contributed by atoms with Crippen LogP contribution >= 0.6 is 11.6 Å². The lowest BCUT2D eigenvalue weighted by atomic mass is 10.1. The number of carbonyl (C=O) groups is 1. The molecule has 0 aliphatic heterocycles. The molecule has 0 aliphatic rings. The quantitative estimate of drug-likeness (QED) is 0.843. The number of methoxy groups -OCH3 is 1. The molecule has 2 atom stereocenters. The minimum absolute atomic E-state index is 0.419. The van der Waals surface area contributed by atoms with Gasteiger partial charge in [0.05, 0.1) is 13.2 Å². The maximum absolute atomic E-state index is 11.2. The van der Waals surface area contributed by atoms with E-state index in [4.69, 9.17) is 16.3 Å².